The standard InChI is InChI=1S/C28H35FN2O5.ClH/c1-2-3-17-36-26(34)24(21-7-5-4-6-8-21)14-16-31-28(18-25(32)33)15-13-22(19-30-27(28)35)20-9-11-23(29)12-10-20;/h4-12,22,24,31H,2-3,13-19H2,1H3,(H,30,35)(H,32,33);1H/t22?,24-,28?;/m0./s1. The first-order valence-corrected chi connectivity index (χ1v) is 12.6. The van der Waals surface area contributed by atoms with Crippen LogP contribution in [0, 0.1) is 5.82 Å². The lowest BCUT2D eigenvalue weighted by molar-refractivity contribution is -0.146. The van der Waals surface area contributed by atoms with Crippen molar-refractivity contribution in [3.8, 4) is 0 Å². The number of carboxylic acids is 1. The van der Waals surface area contributed by atoms with Gasteiger partial charge < -0.3 is 20.5 Å². The third kappa shape index (κ3) is 8.54. The van der Waals surface area contributed by atoms with Crippen molar-refractivity contribution in [1.29, 1.82) is 0 Å². The maximum Gasteiger partial charge on any atom is 0.313 e. The van der Waals surface area contributed by atoms with Crippen molar-refractivity contribution >= 4 is 30.3 Å². The van der Waals surface area contributed by atoms with Crippen molar-refractivity contribution < 1.29 is 28.6 Å². The van der Waals surface area contributed by atoms with Crippen LogP contribution in [0.3, 0.4) is 0 Å². The first kappa shape index (κ1) is 30.3. The quantitative estimate of drug-likeness (QED) is 0.272. The normalized spacial score (nSPS) is 20.2. The highest BCUT2D eigenvalue weighted by Gasteiger charge is 2.42. The van der Waals surface area contributed by atoms with E-state index in [2.05, 4.69) is 10.6 Å². The zero-order valence-corrected chi connectivity index (χ0v) is 21.9. The number of esters is 1. The molecular formula is C28H36ClFN2O5. The lowest BCUT2D eigenvalue weighted by Gasteiger charge is -2.31. The number of hydrogen-bond donors (Lipinski definition) is 3. The fourth-order valence-corrected chi connectivity index (χ4v) is 4.68. The molecule has 0 aromatic heterocycles. The summed E-state index contributed by atoms with van der Waals surface area (Å²) in [6.45, 7) is 2.96. The topological polar surface area (TPSA) is 105 Å². The van der Waals surface area contributed by atoms with Crippen LogP contribution < -0.4 is 10.6 Å². The highest BCUT2D eigenvalue weighted by Crippen LogP contribution is 2.31. The summed E-state index contributed by atoms with van der Waals surface area (Å²) in [6, 6.07) is 15.5. The van der Waals surface area contributed by atoms with E-state index in [1.54, 1.807) is 12.1 Å². The average molecular weight is 535 g/mol. The molecule has 0 saturated carbocycles. The molecule has 1 aliphatic rings. The number of aliphatic carboxylic acids is 1. The molecule has 1 amide bonds. The van der Waals surface area contributed by atoms with Gasteiger partial charge in [-0.05, 0) is 55.5 Å². The third-order valence-electron chi connectivity index (χ3n) is 6.78. The molecule has 0 aliphatic carbocycles. The second kappa shape index (κ2) is 14.7. The number of nitrogens with one attached hydrogen (secondary N) is 2. The minimum atomic E-state index is -1.31. The smallest absolute Gasteiger partial charge is 0.313 e. The first-order valence-electron chi connectivity index (χ1n) is 12.6. The highest BCUT2D eigenvalue weighted by atomic mass is 35.5. The van der Waals surface area contributed by atoms with Crippen molar-refractivity contribution in [2.24, 2.45) is 0 Å². The van der Waals surface area contributed by atoms with Crippen LogP contribution in [0.5, 0.6) is 0 Å². The monoisotopic (exact) mass is 534 g/mol. The van der Waals surface area contributed by atoms with Crippen molar-refractivity contribution in [3.63, 3.8) is 0 Å². The fourth-order valence-electron chi connectivity index (χ4n) is 4.68. The van der Waals surface area contributed by atoms with E-state index in [0.717, 1.165) is 24.0 Å². The summed E-state index contributed by atoms with van der Waals surface area (Å²) in [5, 5.41) is 15.7. The number of carbonyl (C=O) groups excluding carboxylic acids is 2. The van der Waals surface area contributed by atoms with Crippen LogP contribution in [0.25, 0.3) is 0 Å². The lowest BCUT2D eigenvalue weighted by atomic mass is 9.85. The van der Waals surface area contributed by atoms with E-state index in [9.17, 15) is 23.9 Å². The van der Waals surface area contributed by atoms with Gasteiger partial charge >= 0.3 is 11.9 Å². The van der Waals surface area contributed by atoms with E-state index in [0.29, 0.717) is 32.4 Å². The minimum Gasteiger partial charge on any atom is -0.481 e. The van der Waals surface area contributed by atoms with Gasteiger partial charge in [-0.1, -0.05) is 55.8 Å². The Morgan fingerprint density at radius 1 is 1.19 bits per heavy atom. The summed E-state index contributed by atoms with van der Waals surface area (Å²) in [7, 11) is 0. The summed E-state index contributed by atoms with van der Waals surface area (Å²) in [5.41, 5.74) is 0.394. The van der Waals surface area contributed by atoms with Gasteiger partial charge in [-0.2, -0.15) is 0 Å². The van der Waals surface area contributed by atoms with E-state index < -0.39 is 17.4 Å². The van der Waals surface area contributed by atoms with E-state index in [1.807, 2.05) is 37.3 Å². The van der Waals surface area contributed by atoms with Crippen molar-refractivity contribution in [2.45, 2.75) is 62.8 Å². The molecule has 0 bridgehead atoms. The molecule has 9 heteroatoms. The number of unbranched alkanes of at least 4 members (excludes halogenated alkanes) is 1. The molecule has 3 N–H and O–H groups in total. The summed E-state index contributed by atoms with van der Waals surface area (Å²) in [5.74, 6) is -2.71. The largest absolute Gasteiger partial charge is 0.481 e. The van der Waals surface area contributed by atoms with Crippen LogP contribution in [-0.2, 0) is 19.1 Å². The van der Waals surface area contributed by atoms with Crippen LogP contribution in [0.2, 0.25) is 0 Å². The molecule has 1 fully saturated rings. The van der Waals surface area contributed by atoms with Gasteiger partial charge in [-0.25, -0.2) is 4.39 Å². The first-order chi connectivity index (χ1) is 17.3. The van der Waals surface area contributed by atoms with Crippen molar-refractivity contribution in [1.82, 2.24) is 10.6 Å². The second-order valence-corrected chi connectivity index (χ2v) is 9.35. The summed E-state index contributed by atoms with van der Waals surface area (Å²) in [6.07, 6.45) is 2.51. The Balaban J connectivity index is 0.00000481. The Morgan fingerprint density at radius 3 is 2.54 bits per heavy atom. The number of carboxylic acid groups (broad SMARTS) is 1. The molecule has 3 atom stereocenters. The van der Waals surface area contributed by atoms with Crippen LogP contribution in [0.4, 0.5) is 4.39 Å². The van der Waals surface area contributed by atoms with Crippen LogP contribution in [-0.4, -0.2) is 48.2 Å². The average Bonchev–Trinajstić information content (AvgIpc) is 3.02. The van der Waals surface area contributed by atoms with Gasteiger partial charge in [0.25, 0.3) is 0 Å². The van der Waals surface area contributed by atoms with E-state index >= 15 is 0 Å². The summed E-state index contributed by atoms with van der Waals surface area (Å²) >= 11 is 0. The molecule has 202 valence electrons. The number of amides is 1. The predicted octanol–water partition coefficient (Wildman–Crippen LogP) is 4.56. The van der Waals surface area contributed by atoms with Gasteiger partial charge in [-0.15, -0.1) is 12.4 Å². The van der Waals surface area contributed by atoms with Crippen LogP contribution in [0.15, 0.2) is 54.6 Å². The Hall–Kier alpha value is -2.97. The fraction of sp³-hybridized carbons (Fsp3) is 0.464. The van der Waals surface area contributed by atoms with Crippen molar-refractivity contribution in [3.05, 3.63) is 71.5 Å². The number of carbonyl (C=O) groups is 3. The van der Waals surface area contributed by atoms with Gasteiger partial charge in [0, 0.05) is 12.5 Å². The molecule has 2 aromatic rings. The number of hydrogen-bond acceptors (Lipinski definition) is 5. The maximum atomic E-state index is 13.4. The number of benzene rings is 2. The molecule has 0 spiro atoms. The van der Waals surface area contributed by atoms with Crippen molar-refractivity contribution in [2.75, 3.05) is 19.7 Å². The maximum absolute atomic E-state index is 13.4. The molecule has 1 heterocycles. The molecular weight excluding hydrogens is 499 g/mol. The van der Waals surface area contributed by atoms with Gasteiger partial charge in [0.1, 0.15) is 11.4 Å². The Bertz CT molecular complexity index is 1020. The molecule has 1 saturated heterocycles. The highest BCUT2D eigenvalue weighted by molar-refractivity contribution is 5.91. The van der Waals surface area contributed by atoms with E-state index in [-0.39, 0.29) is 49.0 Å². The Labute approximate surface area is 223 Å². The number of halogens is 2. The molecule has 2 aromatic carbocycles. The third-order valence-corrected chi connectivity index (χ3v) is 6.78. The van der Waals surface area contributed by atoms with Crippen LogP contribution in [0.1, 0.15) is 68.4 Å². The van der Waals surface area contributed by atoms with Gasteiger partial charge in [0.15, 0.2) is 0 Å². The molecule has 1 aliphatic heterocycles. The zero-order valence-electron chi connectivity index (χ0n) is 21.1. The number of rotatable bonds is 12. The lowest BCUT2D eigenvalue weighted by Crippen LogP contribution is -2.57. The van der Waals surface area contributed by atoms with E-state index in [1.165, 1.54) is 12.1 Å². The van der Waals surface area contributed by atoms with Gasteiger partial charge in [0.2, 0.25) is 5.91 Å². The predicted molar refractivity (Wildman–Crippen MR) is 141 cm³/mol. The molecule has 0 radical (unpaired) electrons. The number of ether oxygens (including phenoxy) is 1. The molecule has 3 rings (SSSR count). The SMILES string of the molecule is CCCCOC(=O)[C@@H](CCNC1(CC(=O)O)CCC(c2ccc(F)cc2)CNC1=O)c1ccccc1.Cl. The molecule has 37 heavy (non-hydrogen) atoms. The summed E-state index contributed by atoms with van der Waals surface area (Å²) < 4.78 is 18.8. The van der Waals surface area contributed by atoms with Crippen LogP contribution >= 0.6 is 12.4 Å². The zero-order chi connectivity index (χ0) is 26.0. The van der Waals surface area contributed by atoms with Gasteiger partial charge in [0.05, 0.1) is 18.9 Å². The second-order valence-electron chi connectivity index (χ2n) is 9.35. The molecule has 2 unspecified atom stereocenters. The van der Waals surface area contributed by atoms with Gasteiger partial charge in [-0.3, -0.25) is 14.4 Å². The van der Waals surface area contributed by atoms with E-state index in [4.69, 9.17) is 4.74 Å². The molecule has 7 nitrogen and oxygen atoms in total. The summed E-state index contributed by atoms with van der Waals surface area (Å²) in [4.78, 5) is 37.8. The Kier molecular flexibility index (Phi) is 12.0. The Morgan fingerprint density at radius 2 is 1.89 bits per heavy atom. The minimum absolute atomic E-state index is 0.